The van der Waals surface area contributed by atoms with Crippen LogP contribution in [0.2, 0.25) is 0 Å². The Hall–Kier alpha value is -4.04. The number of carbonyl (C=O) groups is 2. The van der Waals surface area contributed by atoms with E-state index in [-0.39, 0.29) is 30.6 Å². The second-order valence-electron chi connectivity index (χ2n) is 10.7. The largest absolute Gasteiger partial charge is 0.460 e. The maximum Gasteiger partial charge on any atom is 0.331 e. The number of anilines is 2. The summed E-state index contributed by atoms with van der Waals surface area (Å²) in [7, 11) is 4.02. The Balaban J connectivity index is 1.57. The van der Waals surface area contributed by atoms with Crippen LogP contribution < -0.4 is 9.80 Å². The number of rotatable bonds is 9. The summed E-state index contributed by atoms with van der Waals surface area (Å²) < 4.78 is 5.18. The molecule has 40 heavy (non-hydrogen) atoms. The average Bonchev–Trinajstić information content (AvgIpc) is 2.95. The molecule has 0 aliphatic heterocycles. The van der Waals surface area contributed by atoms with Crippen LogP contribution in [0.15, 0.2) is 67.0 Å². The Morgan fingerprint density at radius 1 is 1.00 bits per heavy atom. The lowest BCUT2D eigenvalue weighted by molar-refractivity contribution is -0.141. The van der Waals surface area contributed by atoms with Crippen LogP contribution in [0.5, 0.6) is 0 Å². The van der Waals surface area contributed by atoms with Gasteiger partial charge in [0.1, 0.15) is 5.82 Å². The molecule has 0 unspecified atom stereocenters. The van der Waals surface area contributed by atoms with Gasteiger partial charge in [0, 0.05) is 49.7 Å². The third-order valence-corrected chi connectivity index (χ3v) is 6.98. The Morgan fingerprint density at radius 3 is 2.33 bits per heavy atom. The molecule has 1 fully saturated rings. The van der Waals surface area contributed by atoms with E-state index in [2.05, 4.69) is 39.1 Å². The standard InChI is InChI=1S/C32H38N4O4/c1-22(2)40-31(38)16-5-23-17-18-33-30(19-23)36(32(39)25-9-14-29(37)15-10-25)21-27-11-6-26(20-34-27)24-7-12-28(13-8-24)35(3)4/h5-8,11-13,16-20,22,25,29,37H,9-10,14-15,21H2,1-4H3/b16-5+. The lowest BCUT2D eigenvalue weighted by atomic mass is 9.86. The van der Waals surface area contributed by atoms with Crippen molar-refractivity contribution in [1.29, 1.82) is 0 Å². The molecule has 1 amide bonds. The van der Waals surface area contributed by atoms with Crippen molar-refractivity contribution >= 4 is 29.5 Å². The van der Waals surface area contributed by atoms with E-state index in [1.807, 2.05) is 32.4 Å². The first-order valence-corrected chi connectivity index (χ1v) is 13.8. The van der Waals surface area contributed by atoms with E-state index in [4.69, 9.17) is 4.74 Å². The summed E-state index contributed by atoms with van der Waals surface area (Å²) in [5, 5.41) is 9.96. The molecule has 8 heteroatoms. The van der Waals surface area contributed by atoms with Crippen molar-refractivity contribution in [3.63, 3.8) is 0 Å². The highest BCUT2D eigenvalue weighted by Gasteiger charge is 2.30. The van der Waals surface area contributed by atoms with Crippen LogP contribution in [0.25, 0.3) is 17.2 Å². The lowest BCUT2D eigenvalue weighted by Gasteiger charge is -2.30. The monoisotopic (exact) mass is 542 g/mol. The Kier molecular flexibility index (Phi) is 9.66. The highest BCUT2D eigenvalue weighted by Crippen LogP contribution is 2.29. The number of aliphatic hydroxyl groups is 1. The van der Waals surface area contributed by atoms with Gasteiger partial charge in [-0.3, -0.25) is 14.7 Å². The number of benzene rings is 1. The van der Waals surface area contributed by atoms with E-state index in [0.717, 1.165) is 28.1 Å². The van der Waals surface area contributed by atoms with Gasteiger partial charge in [-0.1, -0.05) is 18.2 Å². The maximum absolute atomic E-state index is 13.8. The first kappa shape index (κ1) is 29.0. The number of amides is 1. The van der Waals surface area contributed by atoms with Crippen molar-refractivity contribution < 1.29 is 19.4 Å². The summed E-state index contributed by atoms with van der Waals surface area (Å²) in [6.45, 7) is 3.85. The number of aliphatic hydroxyl groups excluding tert-OH is 1. The van der Waals surface area contributed by atoms with Crippen LogP contribution in [-0.4, -0.2) is 53.3 Å². The van der Waals surface area contributed by atoms with Crippen LogP contribution in [-0.2, 0) is 20.9 Å². The van der Waals surface area contributed by atoms with Gasteiger partial charge in [0.05, 0.1) is 24.4 Å². The van der Waals surface area contributed by atoms with Gasteiger partial charge >= 0.3 is 5.97 Å². The summed E-state index contributed by atoms with van der Waals surface area (Å²) in [5.74, 6) is -0.173. The Morgan fingerprint density at radius 2 is 1.70 bits per heavy atom. The van der Waals surface area contributed by atoms with Gasteiger partial charge in [0.25, 0.3) is 0 Å². The van der Waals surface area contributed by atoms with E-state index < -0.39 is 5.97 Å². The van der Waals surface area contributed by atoms with E-state index >= 15 is 0 Å². The topological polar surface area (TPSA) is 95.9 Å². The molecule has 1 aliphatic carbocycles. The molecule has 2 aromatic heterocycles. The molecular formula is C32H38N4O4. The molecule has 3 aromatic rings. The Labute approximate surface area is 236 Å². The van der Waals surface area contributed by atoms with Gasteiger partial charge in [-0.2, -0.15) is 0 Å². The number of aromatic nitrogens is 2. The molecule has 0 radical (unpaired) electrons. The van der Waals surface area contributed by atoms with E-state index in [9.17, 15) is 14.7 Å². The summed E-state index contributed by atoms with van der Waals surface area (Å²) in [5.41, 5.74) is 4.65. The number of ether oxygens (including phenoxy) is 1. The first-order valence-electron chi connectivity index (χ1n) is 13.8. The molecule has 0 bridgehead atoms. The van der Waals surface area contributed by atoms with E-state index in [1.54, 1.807) is 43.2 Å². The molecule has 0 spiro atoms. The quantitative estimate of drug-likeness (QED) is 0.291. The van der Waals surface area contributed by atoms with Gasteiger partial charge in [-0.05, 0) is 87.1 Å². The fourth-order valence-electron chi connectivity index (χ4n) is 4.74. The zero-order chi connectivity index (χ0) is 28.6. The van der Waals surface area contributed by atoms with Crippen molar-refractivity contribution in [3.8, 4) is 11.1 Å². The smallest absolute Gasteiger partial charge is 0.331 e. The van der Waals surface area contributed by atoms with Gasteiger partial charge < -0.3 is 14.7 Å². The van der Waals surface area contributed by atoms with Crippen molar-refractivity contribution in [2.24, 2.45) is 5.92 Å². The van der Waals surface area contributed by atoms with Crippen molar-refractivity contribution in [2.75, 3.05) is 23.9 Å². The first-order chi connectivity index (χ1) is 19.2. The number of hydrogen-bond donors (Lipinski definition) is 1. The fourth-order valence-corrected chi connectivity index (χ4v) is 4.74. The molecular weight excluding hydrogens is 504 g/mol. The average molecular weight is 543 g/mol. The van der Waals surface area contributed by atoms with Crippen molar-refractivity contribution in [3.05, 3.63) is 78.3 Å². The third-order valence-electron chi connectivity index (χ3n) is 6.98. The lowest BCUT2D eigenvalue weighted by Crippen LogP contribution is -2.38. The van der Waals surface area contributed by atoms with E-state index in [0.29, 0.717) is 31.5 Å². The molecule has 0 atom stereocenters. The normalized spacial score (nSPS) is 17.1. The predicted octanol–water partition coefficient (Wildman–Crippen LogP) is 5.26. The molecule has 210 valence electrons. The molecule has 1 saturated carbocycles. The van der Waals surface area contributed by atoms with Crippen LogP contribution >= 0.6 is 0 Å². The highest BCUT2D eigenvalue weighted by atomic mass is 16.5. The zero-order valence-corrected chi connectivity index (χ0v) is 23.7. The number of hydrogen-bond acceptors (Lipinski definition) is 7. The molecule has 2 heterocycles. The SMILES string of the molecule is CC(C)OC(=O)/C=C/c1ccnc(N(Cc2ccc(-c3ccc(N(C)C)cc3)cn2)C(=O)C2CCC(O)CC2)c1. The van der Waals surface area contributed by atoms with Crippen molar-refractivity contribution in [2.45, 2.75) is 58.3 Å². The molecule has 1 aliphatic rings. The van der Waals surface area contributed by atoms with E-state index in [1.165, 1.54) is 6.08 Å². The van der Waals surface area contributed by atoms with Crippen LogP contribution in [0, 0.1) is 5.92 Å². The summed E-state index contributed by atoms with van der Waals surface area (Å²) in [4.78, 5) is 38.7. The maximum atomic E-state index is 13.8. The fraction of sp³-hybridized carbons (Fsp3) is 0.375. The zero-order valence-electron chi connectivity index (χ0n) is 23.7. The number of pyridine rings is 2. The number of esters is 1. The molecule has 1 aromatic carbocycles. The highest BCUT2D eigenvalue weighted by molar-refractivity contribution is 5.94. The summed E-state index contributed by atoms with van der Waals surface area (Å²) in [6.07, 6.45) is 8.41. The molecule has 8 nitrogen and oxygen atoms in total. The van der Waals surface area contributed by atoms with Crippen LogP contribution in [0.3, 0.4) is 0 Å². The Bertz CT molecular complexity index is 1310. The van der Waals surface area contributed by atoms with Gasteiger partial charge in [0.2, 0.25) is 5.91 Å². The van der Waals surface area contributed by atoms with Crippen LogP contribution in [0.1, 0.15) is 50.8 Å². The summed E-state index contributed by atoms with van der Waals surface area (Å²) >= 11 is 0. The molecule has 0 saturated heterocycles. The molecule has 1 N–H and O–H groups in total. The number of nitrogens with zero attached hydrogens (tertiary/aromatic N) is 4. The minimum atomic E-state index is -0.428. The van der Waals surface area contributed by atoms with Crippen molar-refractivity contribution in [1.82, 2.24) is 9.97 Å². The second-order valence-corrected chi connectivity index (χ2v) is 10.7. The second kappa shape index (κ2) is 13.3. The van der Waals surface area contributed by atoms with Gasteiger partial charge in [0.15, 0.2) is 0 Å². The van der Waals surface area contributed by atoms with Gasteiger partial charge in [-0.15, -0.1) is 0 Å². The third kappa shape index (κ3) is 7.76. The predicted molar refractivity (Wildman–Crippen MR) is 158 cm³/mol. The molecule has 4 rings (SSSR count). The van der Waals surface area contributed by atoms with Gasteiger partial charge in [-0.25, -0.2) is 9.78 Å². The van der Waals surface area contributed by atoms with Crippen LogP contribution in [0.4, 0.5) is 11.5 Å². The minimum Gasteiger partial charge on any atom is -0.460 e. The number of carbonyl (C=O) groups excluding carboxylic acids is 2. The summed E-state index contributed by atoms with van der Waals surface area (Å²) in [6, 6.07) is 15.8. The minimum absolute atomic E-state index is 0.0371.